The van der Waals surface area contributed by atoms with E-state index in [1.165, 1.54) is 5.56 Å². The number of morpholine rings is 1. The van der Waals surface area contributed by atoms with Crippen molar-refractivity contribution < 1.29 is 9.84 Å². The van der Waals surface area contributed by atoms with E-state index < -0.39 is 6.23 Å². The number of aliphatic hydroxyl groups excluding tert-OH is 1. The number of benzene rings is 1. The minimum Gasteiger partial charge on any atom is -0.379 e. The van der Waals surface area contributed by atoms with Gasteiger partial charge in [0.15, 0.2) is 0 Å². The van der Waals surface area contributed by atoms with Crippen LogP contribution in [0.15, 0.2) is 24.3 Å². The van der Waals surface area contributed by atoms with E-state index in [0.29, 0.717) is 0 Å². The van der Waals surface area contributed by atoms with E-state index in [4.69, 9.17) is 4.74 Å². The van der Waals surface area contributed by atoms with E-state index in [0.717, 1.165) is 45.0 Å². The van der Waals surface area contributed by atoms with Gasteiger partial charge < -0.3 is 9.84 Å². The second-order valence-electron chi connectivity index (χ2n) is 4.72. The number of ether oxygens (including phenoxy) is 1. The molecular weight excluding hydrogens is 228 g/mol. The summed E-state index contributed by atoms with van der Waals surface area (Å²) >= 11 is 0. The van der Waals surface area contributed by atoms with E-state index in [1.54, 1.807) is 0 Å². The normalized spacial score (nSPS) is 18.8. The fourth-order valence-electron chi connectivity index (χ4n) is 2.14. The van der Waals surface area contributed by atoms with E-state index in [2.05, 4.69) is 10.2 Å². The lowest BCUT2D eigenvalue weighted by molar-refractivity contribution is 0.0356. The molecule has 2 rings (SSSR count). The first kappa shape index (κ1) is 13.5. The summed E-state index contributed by atoms with van der Waals surface area (Å²) in [6.07, 6.45) is -0.578. The predicted molar refractivity (Wildman–Crippen MR) is 71.4 cm³/mol. The van der Waals surface area contributed by atoms with Gasteiger partial charge in [0.2, 0.25) is 0 Å². The van der Waals surface area contributed by atoms with Crippen molar-refractivity contribution in [2.75, 3.05) is 39.4 Å². The maximum atomic E-state index is 10.0. The first-order valence-corrected chi connectivity index (χ1v) is 6.54. The van der Waals surface area contributed by atoms with Crippen molar-refractivity contribution in [2.24, 2.45) is 0 Å². The average molecular weight is 250 g/mol. The predicted octanol–water partition coefficient (Wildman–Crippen LogP) is 0.908. The van der Waals surface area contributed by atoms with Crippen LogP contribution >= 0.6 is 0 Å². The molecule has 2 N–H and O–H groups in total. The molecule has 1 unspecified atom stereocenters. The molecule has 4 nitrogen and oxygen atoms in total. The van der Waals surface area contributed by atoms with Crippen LogP contribution in [0.3, 0.4) is 0 Å². The Morgan fingerprint density at radius 1 is 1.39 bits per heavy atom. The van der Waals surface area contributed by atoms with Crippen LogP contribution in [-0.4, -0.2) is 49.4 Å². The van der Waals surface area contributed by atoms with Gasteiger partial charge in [-0.05, 0) is 12.5 Å². The van der Waals surface area contributed by atoms with Crippen molar-refractivity contribution in [2.45, 2.75) is 13.2 Å². The van der Waals surface area contributed by atoms with Crippen LogP contribution in [0.4, 0.5) is 0 Å². The number of hydrogen-bond donors (Lipinski definition) is 2. The van der Waals surface area contributed by atoms with E-state index in [9.17, 15) is 5.11 Å². The third kappa shape index (κ3) is 4.07. The summed E-state index contributed by atoms with van der Waals surface area (Å²) in [4.78, 5) is 2.35. The van der Waals surface area contributed by atoms with E-state index in [1.807, 2.05) is 31.2 Å². The second kappa shape index (κ2) is 6.85. The lowest BCUT2D eigenvalue weighted by Gasteiger charge is -2.27. The van der Waals surface area contributed by atoms with Crippen molar-refractivity contribution in [1.29, 1.82) is 0 Å². The van der Waals surface area contributed by atoms with Gasteiger partial charge in [0, 0.05) is 26.2 Å². The SMILES string of the molecule is Cc1cccc(C(O)NCCN2CCOCC2)c1. The van der Waals surface area contributed by atoms with Crippen LogP contribution in [0, 0.1) is 6.92 Å². The molecule has 1 atom stereocenters. The molecule has 0 bridgehead atoms. The summed E-state index contributed by atoms with van der Waals surface area (Å²) in [6, 6.07) is 7.95. The monoisotopic (exact) mass is 250 g/mol. The Morgan fingerprint density at radius 2 is 2.17 bits per heavy atom. The Morgan fingerprint density at radius 3 is 2.89 bits per heavy atom. The van der Waals surface area contributed by atoms with Gasteiger partial charge in [-0.15, -0.1) is 0 Å². The highest BCUT2D eigenvalue weighted by molar-refractivity contribution is 5.23. The smallest absolute Gasteiger partial charge is 0.131 e. The molecule has 1 aliphatic rings. The summed E-state index contributed by atoms with van der Waals surface area (Å²) in [5.74, 6) is 0. The van der Waals surface area contributed by atoms with Gasteiger partial charge >= 0.3 is 0 Å². The summed E-state index contributed by atoms with van der Waals surface area (Å²) < 4.78 is 5.30. The van der Waals surface area contributed by atoms with Gasteiger partial charge in [-0.1, -0.05) is 29.8 Å². The maximum Gasteiger partial charge on any atom is 0.131 e. The van der Waals surface area contributed by atoms with Crippen LogP contribution in [0.5, 0.6) is 0 Å². The van der Waals surface area contributed by atoms with Crippen LogP contribution in [-0.2, 0) is 4.74 Å². The Hall–Kier alpha value is -0.940. The molecule has 4 heteroatoms. The molecule has 1 aromatic rings. The molecule has 100 valence electrons. The molecule has 0 radical (unpaired) electrons. The quantitative estimate of drug-likeness (QED) is 0.762. The van der Waals surface area contributed by atoms with Crippen molar-refractivity contribution in [3.05, 3.63) is 35.4 Å². The van der Waals surface area contributed by atoms with Crippen molar-refractivity contribution in [1.82, 2.24) is 10.2 Å². The molecule has 0 aromatic heterocycles. The first-order chi connectivity index (χ1) is 8.75. The molecule has 0 spiro atoms. The lowest BCUT2D eigenvalue weighted by atomic mass is 10.1. The zero-order valence-electron chi connectivity index (χ0n) is 10.9. The van der Waals surface area contributed by atoms with Gasteiger partial charge in [-0.3, -0.25) is 10.2 Å². The van der Waals surface area contributed by atoms with Crippen LogP contribution in [0.2, 0.25) is 0 Å². The molecule has 1 fully saturated rings. The minimum absolute atomic E-state index is 0.578. The average Bonchev–Trinajstić information content (AvgIpc) is 2.40. The third-order valence-corrected chi connectivity index (χ3v) is 3.23. The third-order valence-electron chi connectivity index (χ3n) is 3.23. The fourth-order valence-corrected chi connectivity index (χ4v) is 2.14. The lowest BCUT2D eigenvalue weighted by Crippen LogP contribution is -2.40. The van der Waals surface area contributed by atoms with Gasteiger partial charge in [-0.2, -0.15) is 0 Å². The van der Waals surface area contributed by atoms with Crippen LogP contribution < -0.4 is 5.32 Å². The number of rotatable bonds is 5. The fraction of sp³-hybridized carbons (Fsp3) is 0.571. The molecule has 1 aromatic carbocycles. The van der Waals surface area contributed by atoms with Gasteiger partial charge in [0.1, 0.15) is 6.23 Å². The highest BCUT2D eigenvalue weighted by Crippen LogP contribution is 2.11. The summed E-state index contributed by atoms with van der Waals surface area (Å²) in [6.45, 7) is 7.39. The zero-order chi connectivity index (χ0) is 12.8. The first-order valence-electron chi connectivity index (χ1n) is 6.54. The standard InChI is InChI=1S/C14H22N2O2/c1-12-3-2-4-13(11-12)14(17)15-5-6-16-7-9-18-10-8-16/h2-4,11,14-15,17H,5-10H2,1H3. The molecule has 18 heavy (non-hydrogen) atoms. The zero-order valence-corrected chi connectivity index (χ0v) is 10.9. The van der Waals surface area contributed by atoms with Gasteiger partial charge in [0.25, 0.3) is 0 Å². The molecule has 1 heterocycles. The molecule has 0 aliphatic carbocycles. The number of aliphatic hydroxyl groups is 1. The molecule has 0 amide bonds. The number of nitrogens with one attached hydrogen (secondary N) is 1. The maximum absolute atomic E-state index is 10.0. The van der Waals surface area contributed by atoms with E-state index in [-0.39, 0.29) is 0 Å². The summed E-state index contributed by atoms with van der Waals surface area (Å²) in [7, 11) is 0. The minimum atomic E-state index is -0.578. The molecular formula is C14H22N2O2. The van der Waals surface area contributed by atoms with Crippen molar-refractivity contribution >= 4 is 0 Å². The topological polar surface area (TPSA) is 44.7 Å². The molecule has 0 saturated carbocycles. The largest absolute Gasteiger partial charge is 0.379 e. The Kier molecular flexibility index (Phi) is 5.13. The highest BCUT2D eigenvalue weighted by Gasteiger charge is 2.11. The summed E-state index contributed by atoms with van der Waals surface area (Å²) in [5.41, 5.74) is 2.10. The Bertz CT molecular complexity index is 365. The Balaban J connectivity index is 1.72. The molecule has 1 saturated heterocycles. The van der Waals surface area contributed by atoms with Gasteiger partial charge in [-0.25, -0.2) is 0 Å². The van der Waals surface area contributed by atoms with Crippen LogP contribution in [0.25, 0.3) is 0 Å². The number of aryl methyl sites for hydroxylation is 1. The number of nitrogens with zero attached hydrogens (tertiary/aromatic N) is 1. The summed E-state index contributed by atoms with van der Waals surface area (Å²) in [5, 5.41) is 13.2. The van der Waals surface area contributed by atoms with Crippen molar-refractivity contribution in [3.63, 3.8) is 0 Å². The number of hydrogen-bond acceptors (Lipinski definition) is 4. The van der Waals surface area contributed by atoms with Gasteiger partial charge in [0.05, 0.1) is 13.2 Å². The molecule has 1 aliphatic heterocycles. The highest BCUT2D eigenvalue weighted by atomic mass is 16.5. The van der Waals surface area contributed by atoms with Crippen LogP contribution in [0.1, 0.15) is 17.4 Å². The Labute approximate surface area is 109 Å². The second-order valence-corrected chi connectivity index (χ2v) is 4.72. The van der Waals surface area contributed by atoms with E-state index >= 15 is 0 Å². The van der Waals surface area contributed by atoms with Crippen molar-refractivity contribution in [3.8, 4) is 0 Å².